The van der Waals surface area contributed by atoms with Gasteiger partial charge in [0.1, 0.15) is 12.1 Å². The highest BCUT2D eigenvalue weighted by Gasteiger charge is 2.26. The van der Waals surface area contributed by atoms with E-state index in [1.807, 2.05) is 0 Å². The van der Waals surface area contributed by atoms with Gasteiger partial charge in [0.2, 0.25) is 35.4 Å². The monoisotopic (exact) mass is 943 g/mol. The van der Waals surface area contributed by atoms with Crippen LogP contribution in [0.1, 0.15) is 206 Å². The fourth-order valence-electron chi connectivity index (χ4n) is 7.46. The van der Waals surface area contributed by atoms with Gasteiger partial charge in [-0.2, -0.15) is 0 Å². The SMILES string of the molecule is CCCCCCCCCCCCCC(=O)NCCCC[C@H](NC)C(=O)N[C@@H](CSSC[C@H](NC(=O)[C@H](CCCCNC(=O)CCCCCCCCCCCCC)NC)C(N)=O)C(N)=O. The Morgan fingerprint density at radius 2 is 0.703 bits per heavy atom. The number of likely N-dealkylation sites (N-methyl/N-ethyl adjacent to an activating group) is 2. The van der Waals surface area contributed by atoms with Crippen molar-refractivity contribution >= 4 is 57.0 Å². The molecule has 0 aliphatic carbocycles. The summed E-state index contributed by atoms with van der Waals surface area (Å²) in [6.45, 7) is 5.59. The third kappa shape index (κ3) is 36.6. The molecule has 0 aromatic heterocycles. The molecule has 0 aliphatic heterocycles. The first-order valence-electron chi connectivity index (χ1n) is 25.3. The lowest BCUT2D eigenvalue weighted by Crippen LogP contribution is -2.52. The van der Waals surface area contributed by atoms with E-state index in [-0.39, 0.29) is 35.1 Å². The molecule has 4 atom stereocenters. The Kier molecular flexibility index (Phi) is 42.5. The third-order valence-corrected chi connectivity index (χ3v) is 14.1. The van der Waals surface area contributed by atoms with Gasteiger partial charge in [-0.25, -0.2) is 0 Å². The first-order chi connectivity index (χ1) is 31.0. The number of nitrogens with one attached hydrogen (secondary N) is 6. The van der Waals surface area contributed by atoms with Crippen molar-refractivity contribution in [3.63, 3.8) is 0 Å². The van der Waals surface area contributed by atoms with Gasteiger partial charge in [-0.05, 0) is 65.5 Å². The topological polar surface area (TPSA) is 227 Å². The highest BCUT2D eigenvalue weighted by molar-refractivity contribution is 8.76. The first kappa shape index (κ1) is 61.4. The quantitative estimate of drug-likeness (QED) is 0.0222. The van der Waals surface area contributed by atoms with Crippen LogP contribution >= 0.6 is 21.6 Å². The Morgan fingerprint density at radius 1 is 0.406 bits per heavy atom. The smallest absolute Gasteiger partial charge is 0.240 e. The second kappa shape index (κ2) is 44.3. The van der Waals surface area contributed by atoms with Crippen LogP contribution in [0.15, 0.2) is 0 Å². The number of hydrogen-bond donors (Lipinski definition) is 8. The van der Waals surface area contributed by atoms with E-state index in [1.54, 1.807) is 14.1 Å². The number of carbonyl (C=O) groups is 6. The van der Waals surface area contributed by atoms with Gasteiger partial charge < -0.3 is 43.4 Å². The van der Waals surface area contributed by atoms with E-state index < -0.39 is 36.0 Å². The van der Waals surface area contributed by atoms with Crippen LogP contribution in [-0.2, 0) is 28.8 Å². The molecule has 64 heavy (non-hydrogen) atoms. The molecule has 0 aromatic carbocycles. The molecule has 0 saturated heterocycles. The van der Waals surface area contributed by atoms with Crippen molar-refractivity contribution < 1.29 is 28.8 Å². The minimum atomic E-state index is -0.944. The molecule has 10 N–H and O–H groups in total. The Balaban J connectivity index is 4.31. The van der Waals surface area contributed by atoms with E-state index >= 15 is 0 Å². The maximum absolute atomic E-state index is 13.0. The van der Waals surface area contributed by atoms with Crippen LogP contribution in [0.5, 0.6) is 0 Å². The average molecular weight is 943 g/mol. The maximum atomic E-state index is 13.0. The molecule has 0 radical (unpaired) electrons. The van der Waals surface area contributed by atoms with E-state index in [0.717, 1.165) is 38.5 Å². The van der Waals surface area contributed by atoms with Crippen LogP contribution in [0.3, 0.4) is 0 Å². The highest BCUT2D eigenvalue weighted by Crippen LogP contribution is 2.23. The van der Waals surface area contributed by atoms with E-state index in [0.29, 0.717) is 51.6 Å². The van der Waals surface area contributed by atoms with Crippen LogP contribution < -0.4 is 43.4 Å². The average Bonchev–Trinajstić information content (AvgIpc) is 3.27. The predicted molar refractivity (Wildman–Crippen MR) is 269 cm³/mol. The van der Waals surface area contributed by atoms with Crippen molar-refractivity contribution in [3.05, 3.63) is 0 Å². The summed E-state index contributed by atoms with van der Waals surface area (Å²) in [5.41, 5.74) is 11.2. The zero-order valence-corrected chi connectivity index (χ0v) is 42.4. The Bertz CT molecular complexity index is 1130. The van der Waals surface area contributed by atoms with Gasteiger partial charge in [-0.3, -0.25) is 28.8 Å². The molecule has 0 saturated carbocycles. The number of unbranched alkanes of at least 4 members (excludes halogenated alkanes) is 22. The zero-order valence-electron chi connectivity index (χ0n) is 40.8. The lowest BCUT2D eigenvalue weighted by molar-refractivity contribution is -0.128. The van der Waals surface area contributed by atoms with Crippen molar-refractivity contribution in [3.8, 4) is 0 Å². The van der Waals surface area contributed by atoms with E-state index in [2.05, 4.69) is 45.7 Å². The molecule has 0 aromatic rings. The molecule has 0 rings (SSSR count). The van der Waals surface area contributed by atoms with Crippen molar-refractivity contribution in [2.24, 2.45) is 11.5 Å². The lowest BCUT2D eigenvalue weighted by atomic mass is 10.1. The van der Waals surface area contributed by atoms with Crippen LogP contribution in [0, 0.1) is 0 Å². The van der Waals surface area contributed by atoms with Crippen LogP contribution in [-0.4, -0.2) is 98.3 Å². The van der Waals surface area contributed by atoms with Crippen LogP contribution in [0.25, 0.3) is 0 Å². The third-order valence-electron chi connectivity index (χ3n) is 11.7. The Morgan fingerprint density at radius 3 is 0.984 bits per heavy atom. The molecule has 0 fully saturated rings. The molecule has 374 valence electrons. The van der Waals surface area contributed by atoms with Gasteiger partial charge >= 0.3 is 0 Å². The van der Waals surface area contributed by atoms with Crippen molar-refractivity contribution in [1.29, 1.82) is 0 Å². The molecule has 6 amide bonds. The lowest BCUT2D eigenvalue weighted by Gasteiger charge is -2.22. The molecule has 0 aliphatic rings. The van der Waals surface area contributed by atoms with Gasteiger partial charge in [0.05, 0.1) is 12.1 Å². The minimum absolute atomic E-state index is 0.0690. The molecule has 0 unspecified atom stereocenters. The summed E-state index contributed by atoms with van der Waals surface area (Å²) in [4.78, 5) is 75.1. The number of carbonyl (C=O) groups excluding carboxylic acids is 6. The second-order valence-electron chi connectivity index (χ2n) is 17.4. The van der Waals surface area contributed by atoms with Gasteiger partial charge in [0.25, 0.3) is 0 Å². The molecule has 0 heterocycles. The van der Waals surface area contributed by atoms with Crippen LogP contribution in [0.2, 0.25) is 0 Å². The standard InChI is InChI=1S/C48H94N8O6S2/c1-5-7-9-11-13-15-17-19-21-23-25-33-43(57)53-35-29-27-31-39(51-3)47(61)55-41(45(49)59)37-63-64-38-42(46(50)60)56-48(62)40(52-4)32-28-30-36-54-44(58)34-26-24-22-20-18-16-14-12-10-8-6-2/h39-42,51-52H,5-38H2,1-4H3,(H2,49,59)(H2,50,60)(H,53,57)(H,54,58)(H,55,61)(H,56,62)/t39-,40-,41-,42-/m0/s1. The molecule has 0 bridgehead atoms. The number of hydrogen-bond acceptors (Lipinski definition) is 10. The molecular formula is C48H94N8O6S2. The van der Waals surface area contributed by atoms with Crippen molar-refractivity contribution in [2.45, 2.75) is 231 Å². The first-order valence-corrected chi connectivity index (χ1v) is 27.8. The van der Waals surface area contributed by atoms with E-state index in [9.17, 15) is 28.8 Å². The number of amides is 6. The minimum Gasteiger partial charge on any atom is -0.368 e. The zero-order chi connectivity index (χ0) is 47.5. The van der Waals surface area contributed by atoms with Crippen molar-refractivity contribution in [1.82, 2.24) is 31.9 Å². The van der Waals surface area contributed by atoms with Gasteiger partial charge in [0.15, 0.2) is 0 Å². The number of rotatable bonds is 47. The van der Waals surface area contributed by atoms with E-state index in [4.69, 9.17) is 11.5 Å². The Hall–Kier alpha value is -2.56. The molecule has 14 nitrogen and oxygen atoms in total. The highest BCUT2D eigenvalue weighted by atomic mass is 33.1. The summed E-state index contributed by atoms with van der Waals surface area (Å²) in [6, 6.07) is -2.96. The maximum Gasteiger partial charge on any atom is 0.240 e. The van der Waals surface area contributed by atoms with Crippen molar-refractivity contribution in [2.75, 3.05) is 38.7 Å². The largest absolute Gasteiger partial charge is 0.368 e. The number of nitrogens with two attached hydrogens (primary N) is 2. The number of primary amides is 2. The predicted octanol–water partition coefficient (Wildman–Crippen LogP) is 7.46. The summed E-state index contributed by atoms with van der Waals surface area (Å²) in [7, 11) is 5.85. The van der Waals surface area contributed by atoms with Crippen LogP contribution in [0.4, 0.5) is 0 Å². The molecule has 16 heteroatoms. The summed E-state index contributed by atoms with van der Waals surface area (Å²) in [6.07, 6.45) is 32.4. The van der Waals surface area contributed by atoms with Gasteiger partial charge in [-0.1, -0.05) is 164 Å². The molecule has 0 spiro atoms. The Labute approximate surface area is 396 Å². The van der Waals surface area contributed by atoms with Gasteiger partial charge in [0, 0.05) is 37.4 Å². The summed E-state index contributed by atoms with van der Waals surface area (Å²) in [5, 5.41) is 17.4. The molecular weight excluding hydrogens is 849 g/mol. The summed E-state index contributed by atoms with van der Waals surface area (Å²) in [5.74, 6) is -1.61. The van der Waals surface area contributed by atoms with Gasteiger partial charge in [-0.15, -0.1) is 0 Å². The fraction of sp³-hybridized carbons (Fsp3) is 0.875. The summed E-state index contributed by atoms with van der Waals surface area (Å²) >= 11 is 0. The second-order valence-corrected chi connectivity index (χ2v) is 20.0. The van der Waals surface area contributed by atoms with E-state index in [1.165, 1.54) is 137 Å². The fourth-order valence-corrected chi connectivity index (χ4v) is 9.81. The normalized spacial score (nSPS) is 13.1. The summed E-state index contributed by atoms with van der Waals surface area (Å²) < 4.78 is 0.